The van der Waals surface area contributed by atoms with Gasteiger partial charge >= 0.3 is 0 Å². The second kappa shape index (κ2) is 5.94. The largest absolute Gasteiger partial charge is 0.508 e. The van der Waals surface area contributed by atoms with Crippen molar-refractivity contribution in [1.29, 1.82) is 0 Å². The molecule has 4 nitrogen and oxygen atoms in total. The molecule has 116 valence electrons. The minimum Gasteiger partial charge on any atom is -0.508 e. The minimum atomic E-state index is 0.219. The fourth-order valence-corrected chi connectivity index (χ4v) is 2.63. The van der Waals surface area contributed by atoms with Gasteiger partial charge in [-0.05, 0) is 48.0 Å². The zero-order valence-electron chi connectivity index (χ0n) is 12.6. The van der Waals surface area contributed by atoms with Gasteiger partial charge in [0.25, 0.3) is 0 Å². The maximum Gasteiger partial charge on any atom is 0.159 e. The number of benzene rings is 2. The maximum absolute atomic E-state index is 9.40. The monoisotopic (exact) mass is 331 g/mol. The van der Waals surface area contributed by atoms with Gasteiger partial charge in [0.15, 0.2) is 5.82 Å². The lowest BCUT2D eigenvalue weighted by Gasteiger charge is -2.05. The van der Waals surface area contributed by atoms with E-state index in [1.807, 2.05) is 36.5 Å². The Morgan fingerprint density at radius 1 is 0.708 bits per heavy atom. The van der Waals surface area contributed by atoms with E-state index in [1.165, 1.54) is 0 Å². The summed E-state index contributed by atoms with van der Waals surface area (Å²) in [5, 5.41) is 9.40. The van der Waals surface area contributed by atoms with Crippen molar-refractivity contribution >= 4 is 23.7 Å². The van der Waals surface area contributed by atoms with Crippen LogP contribution in [0.1, 0.15) is 0 Å². The number of aromatic nitrogens is 3. The van der Waals surface area contributed by atoms with E-state index in [-0.39, 0.29) is 5.75 Å². The van der Waals surface area contributed by atoms with Crippen LogP contribution in [0, 0.1) is 0 Å². The van der Waals surface area contributed by atoms with Crippen molar-refractivity contribution in [2.45, 2.75) is 4.90 Å². The van der Waals surface area contributed by atoms with Crippen molar-refractivity contribution in [1.82, 2.24) is 15.0 Å². The third-order valence-electron chi connectivity index (χ3n) is 3.76. The van der Waals surface area contributed by atoms with Crippen molar-refractivity contribution < 1.29 is 5.11 Å². The van der Waals surface area contributed by atoms with Gasteiger partial charge in [-0.3, -0.25) is 4.98 Å². The number of fused-ring (bicyclic) bond motifs is 1. The Morgan fingerprint density at radius 2 is 1.42 bits per heavy atom. The highest BCUT2D eigenvalue weighted by Gasteiger charge is 2.06. The third kappa shape index (κ3) is 2.81. The summed E-state index contributed by atoms with van der Waals surface area (Å²) in [5.74, 6) is 0.822. The van der Waals surface area contributed by atoms with Gasteiger partial charge in [0.2, 0.25) is 0 Å². The zero-order chi connectivity index (χ0) is 16.5. The Morgan fingerprint density at radius 3 is 2.17 bits per heavy atom. The topological polar surface area (TPSA) is 58.9 Å². The molecule has 0 amide bonds. The number of phenolic OH excluding ortho intramolecular Hbond substituents is 1. The number of aromatic hydroxyl groups is 1. The molecular formula is C19H13N3OS. The summed E-state index contributed by atoms with van der Waals surface area (Å²) in [6, 6.07) is 16.7. The van der Waals surface area contributed by atoms with Crippen LogP contribution < -0.4 is 0 Å². The molecule has 0 atom stereocenters. The highest BCUT2D eigenvalue weighted by molar-refractivity contribution is 7.80. The lowest BCUT2D eigenvalue weighted by atomic mass is 10.1. The van der Waals surface area contributed by atoms with Gasteiger partial charge in [0, 0.05) is 22.2 Å². The Kier molecular flexibility index (Phi) is 3.63. The number of hydrogen-bond donors (Lipinski definition) is 2. The van der Waals surface area contributed by atoms with E-state index < -0.39 is 0 Å². The molecule has 0 aliphatic carbocycles. The van der Waals surface area contributed by atoms with E-state index in [2.05, 4.69) is 27.6 Å². The summed E-state index contributed by atoms with van der Waals surface area (Å²) in [6.07, 6.45) is 3.53. The van der Waals surface area contributed by atoms with Gasteiger partial charge in [-0.2, -0.15) is 0 Å². The smallest absolute Gasteiger partial charge is 0.159 e. The Hall–Kier alpha value is -2.92. The van der Waals surface area contributed by atoms with Gasteiger partial charge in [-0.25, -0.2) is 9.97 Å². The first-order valence-corrected chi connectivity index (χ1v) is 7.85. The van der Waals surface area contributed by atoms with Crippen LogP contribution in [0.4, 0.5) is 0 Å². The van der Waals surface area contributed by atoms with Gasteiger partial charge in [0.1, 0.15) is 11.3 Å². The first-order chi connectivity index (χ1) is 11.7. The Labute approximate surface area is 144 Å². The molecule has 0 unspecified atom stereocenters. The van der Waals surface area contributed by atoms with Crippen LogP contribution in [-0.2, 0) is 0 Å². The van der Waals surface area contributed by atoms with Crippen LogP contribution in [0.3, 0.4) is 0 Å². The minimum absolute atomic E-state index is 0.219. The summed E-state index contributed by atoms with van der Waals surface area (Å²) in [4.78, 5) is 14.3. The lowest BCUT2D eigenvalue weighted by molar-refractivity contribution is 0.475. The van der Waals surface area contributed by atoms with Crippen molar-refractivity contribution in [2.75, 3.05) is 0 Å². The average molecular weight is 331 g/mol. The fourth-order valence-electron chi connectivity index (χ4n) is 2.48. The van der Waals surface area contributed by atoms with Gasteiger partial charge in [-0.1, -0.05) is 12.1 Å². The molecule has 24 heavy (non-hydrogen) atoms. The summed E-state index contributed by atoms with van der Waals surface area (Å²) in [6.45, 7) is 0. The Bertz CT molecular complexity index is 935. The summed E-state index contributed by atoms with van der Waals surface area (Å²) in [5.41, 5.74) is 4.42. The number of rotatable bonds is 2. The number of thiol groups is 1. The van der Waals surface area contributed by atoms with Crippen molar-refractivity contribution in [2.24, 2.45) is 0 Å². The third-order valence-corrected chi connectivity index (χ3v) is 4.06. The number of nitrogens with zero attached hydrogens (tertiary/aromatic N) is 3. The Balaban J connectivity index is 1.80. The first-order valence-electron chi connectivity index (χ1n) is 7.41. The molecule has 1 N–H and O–H groups in total. The summed E-state index contributed by atoms with van der Waals surface area (Å²) < 4.78 is 0. The van der Waals surface area contributed by atoms with E-state index in [9.17, 15) is 5.11 Å². The van der Waals surface area contributed by atoms with Crippen LogP contribution in [0.15, 0.2) is 71.9 Å². The number of hydrogen-bond acceptors (Lipinski definition) is 5. The van der Waals surface area contributed by atoms with E-state index in [0.717, 1.165) is 32.6 Å². The maximum atomic E-state index is 9.40. The van der Waals surface area contributed by atoms with Crippen LogP contribution in [0.25, 0.3) is 33.5 Å². The van der Waals surface area contributed by atoms with Crippen molar-refractivity contribution in [3.8, 4) is 28.3 Å². The summed E-state index contributed by atoms with van der Waals surface area (Å²) >= 11 is 4.31. The van der Waals surface area contributed by atoms with Crippen LogP contribution in [-0.4, -0.2) is 20.1 Å². The molecule has 0 radical (unpaired) electrons. The van der Waals surface area contributed by atoms with E-state index >= 15 is 0 Å². The fraction of sp³-hybridized carbons (Fsp3) is 0. The zero-order valence-corrected chi connectivity index (χ0v) is 13.5. The molecule has 5 heteroatoms. The molecule has 2 aromatic heterocycles. The molecule has 0 saturated heterocycles. The first kappa shape index (κ1) is 14.7. The quantitative estimate of drug-likeness (QED) is 0.536. The molecule has 0 fully saturated rings. The molecule has 4 rings (SSSR count). The molecule has 0 spiro atoms. The molecule has 2 heterocycles. The van der Waals surface area contributed by atoms with E-state index in [4.69, 9.17) is 0 Å². The van der Waals surface area contributed by atoms with Gasteiger partial charge in [-0.15, -0.1) is 12.6 Å². The van der Waals surface area contributed by atoms with Crippen LogP contribution >= 0.6 is 12.6 Å². The molecule has 0 bridgehead atoms. The van der Waals surface area contributed by atoms with Crippen LogP contribution in [0.2, 0.25) is 0 Å². The van der Waals surface area contributed by atoms with E-state index in [0.29, 0.717) is 5.82 Å². The molecule has 0 aliphatic rings. The SMILES string of the molecule is Oc1ccc(-c2ncc3ncc(-c4ccc(S)cc4)cc3n2)cc1. The van der Waals surface area contributed by atoms with Crippen molar-refractivity contribution in [3.05, 3.63) is 67.0 Å². The van der Waals surface area contributed by atoms with Gasteiger partial charge < -0.3 is 5.11 Å². The second-order valence-corrected chi connectivity index (χ2v) is 5.93. The standard InChI is InChI=1S/C19H13N3OS/c23-15-5-1-13(2-6-15)19-21-11-18-17(22-19)9-14(10-20-18)12-3-7-16(24)8-4-12/h1-11,23-24H. The van der Waals surface area contributed by atoms with Gasteiger partial charge in [0.05, 0.1) is 11.7 Å². The van der Waals surface area contributed by atoms with E-state index in [1.54, 1.807) is 30.5 Å². The predicted octanol–water partition coefficient (Wildman–Crippen LogP) is 4.35. The highest BCUT2D eigenvalue weighted by Crippen LogP contribution is 2.25. The number of pyridine rings is 1. The summed E-state index contributed by atoms with van der Waals surface area (Å²) in [7, 11) is 0. The molecule has 4 aromatic rings. The predicted molar refractivity (Wildman–Crippen MR) is 97.1 cm³/mol. The van der Waals surface area contributed by atoms with Crippen LogP contribution in [0.5, 0.6) is 5.75 Å². The normalized spacial score (nSPS) is 10.9. The molecule has 2 aromatic carbocycles. The molecular weight excluding hydrogens is 318 g/mol. The second-order valence-electron chi connectivity index (χ2n) is 5.42. The number of phenols is 1. The van der Waals surface area contributed by atoms with Crippen molar-refractivity contribution in [3.63, 3.8) is 0 Å². The molecule has 0 aliphatic heterocycles. The molecule has 0 saturated carbocycles. The lowest BCUT2D eigenvalue weighted by Crippen LogP contribution is -1.92. The highest BCUT2D eigenvalue weighted by atomic mass is 32.1. The average Bonchev–Trinajstić information content (AvgIpc) is 2.62.